The van der Waals surface area contributed by atoms with Gasteiger partial charge in [0, 0.05) is 34.6 Å². The molecule has 0 unspecified atom stereocenters. The van der Waals surface area contributed by atoms with E-state index in [0.717, 1.165) is 6.54 Å². The van der Waals surface area contributed by atoms with Crippen molar-refractivity contribution in [2.45, 2.75) is 19.4 Å². The summed E-state index contributed by atoms with van der Waals surface area (Å²) < 4.78 is 1.28. The molecule has 0 amide bonds. The van der Waals surface area contributed by atoms with Crippen LogP contribution in [0, 0.1) is 3.57 Å². The van der Waals surface area contributed by atoms with E-state index in [9.17, 15) is 0 Å². The first kappa shape index (κ1) is 13.7. The number of nitrogens with one attached hydrogen (secondary N) is 1. The fraction of sp³-hybridized carbons (Fsp3) is 0.294. The summed E-state index contributed by atoms with van der Waals surface area (Å²) in [5.74, 6) is 0. The van der Waals surface area contributed by atoms with Gasteiger partial charge in [0.2, 0.25) is 0 Å². The molecular weight excluding hydrogens is 359 g/mol. The van der Waals surface area contributed by atoms with E-state index in [1.807, 2.05) is 0 Å². The van der Waals surface area contributed by atoms with Crippen molar-refractivity contribution in [3.63, 3.8) is 0 Å². The Morgan fingerprint density at radius 2 is 1.55 bits per heavy atom. The van der Waals surface area contributed by atoms with Gasteiger partial charge in [-0.05, 0) is 77.4 Å². The first-order valence-corrected chi connectivity index (χ1v) is 8.22. The summed E-state index contributed by atoms with van der Waals surface area (Å²) in [6, 6.07) is 17.5. The highest BCUT2D eigenvalue weighted by Crippen LogP contribution is 2.22. The van der Waals surface area contributed by atoms with Crippen LogP contribution >= 0.6 is 22.6 Å². The van der Waals surface area contributed by atoms with Gasteiger partial charge in [-0.25, -0.2) is 0 Å². The third kappa shape index (κ3) is 3.45. The van der Waals surface area contributed by atoms with Crippen molar-refractivity contribution in [2.24, 2.45) is 0 Å². The molecule has 2 aromatic rings. The minimum absolute atomic E-state index is 0.875. The fourth-order valence-electron chi connectivity index (χ4n) is 2.57. The predicted octanol–water partition coefficient (Wildman–Crippen LogP) is 4.50. The molecule has 1 saturated heterocycles. The van der Waals surface area contributed by atoms with Crippen LogP contribution in [0.15, 0.2) is 48.5 Å². The van der Waals surface area contributed by atoms with Crippen molar-refractivity contribution in [2.75, 3.05) is 23.3 Å². The van der Waals surface area contributed by atoms with E-state index in [1.54, 1.807) is 0 Å². The van der Waals surface area contributed by atoms with Gasteiger partial charge in [0.05, 0.1) is 0 Å². The summed E-state index contributed by atoms with van der Waals surface area (Å²) in [7, 11) is 0. The molecule has 3 heteroatoms. The maximum atomic E-state index is 3.48. The molecule has 2 aromatic carbocycles. The first-order chi connectivity index (χ1) is 9.81. The van der Waals surface area contributed by atoms with Crippen molar-refractivity contribution in [1.29, 1.82) is 0 Å². The average Bonchev–Trinajstić information content (AvgIpc) is 3.01. The van der Waals surface area contributed by atoms with Crippen LogP contribution in [0.2, 0.25) is 0 Å². The number of hydrogen-bond donors (Lipinski definition) is 1. The SMILES string of the molecule is Ic1ccc(CNc2ccc(N3CCCC3)cc2)cc1. The van der Waals surface area contributed by atoms with Gasteiger partial charge in [0.15, 0.2) is 0 Å². The smallest absolute Gasteiger partial charge is 0.0400 e. The van der Waals surface area contributed by atoms with Gasteiger partial charge in [-0.3, -0.25) is 0 Å². The van der Waals surface area contributed by atoms with Crippen LogP contribution in [0.3, 0.4) is 0 Å². The van der Waals surface area contributed by atoms with Crippen LogP contribution in [-0.4, -0.2) is 13.1 Å². The van der Waals surface area contributed by atoms with E-state index >= 15 is 0 Å². The molecule has 0 saturated carbocycles. The Morgan fingerprint density at radius 3 is 2.20 bits per heavy atom. The van der Waals surface area contributed by atoms with Crippen LogP contribution in [-0.2, 0) is 6.54 Å². The summed E-state index contributed by atoms with van der Waals surface area (Å²) in [4.78, 5) is 2.46. The molecule has 0 aromatic heterocycles. The average molecular weight is 378 g/mol. The number of rotatable bonds is 4. The maximum Gasteiger partial charge on any atom is 0.0400 e. The second-order valence-electron chi connectivity index (χ2n) is 5.22. The Morgan fingerprint density at radius 1 is 0.900 bits per heavy atom. The van der Waals surface area contributed by atoms with Crippen molar-refractivity contribution in [3.05, 3.63) is 57.7 Å². The lowest BCUT2D eigenvalue weighted by molar-refractivity contribution is 0.949. The number of benzene rings is 2. The maximum absolute atomic E-state index is 3.48. The van der Waals surface area contributed by atoms with Gasteiger partial charge in [-0.2, -0.15) is 0 Å². The van der Waals surface area contributed by atoms with Crippen LogP contribution < -0.4 is 10.2 Å². The van der Waals surface area contributed by atoms with Crippen molar-refractivity contribution in [3.8, 4) is 0 Å². The zero-order chi connectivity index (χ0) is 13.8. The lowest BCUT2D eigenvalue weighted by Gasteiger charge is -2.18. The van der Waals surface area contributed by atoms with E-state index in [1.165, 1.54) is 46.4 Å². The molecule has 1 fully saturated rings. The van der Waals surface area contributed by atoms with Crippen LogP contribution in [0.25, 0.3) is 0 Å². The van der Waals surface area contributed by atoms with Gasteiger partial charge in [-0.1, -0.05) is 12.1 Å². The van der Waals surface area contributed by atoms with Crippen LogP contribution in [0.4, 0.5) is 11.4 Å². The lowest BCUT2D eigenvalue weighted by Crippen LogP contribution is -2.17. The monoisotopic (exact) mass is 378 g/mol. The highest BCUT2D eigenvalue weighted by atomic mass is 127. The fourth-order valence-corrected chi connectivity index (χ4v) is 2.93. The van der Waals surface area contributed by atoms with E-state index in [2.05, 4.69) is 81.3 Å². The van der Waals surface area contributed by atoms with E-state index < -0.39 is 0 Å². The Bertz CT molecular complexity index is 542. The zero-order valence-electron chi connectivity index (χ0n) is 11.5. The van der Waals surface area contributed by atoms with Crippen LogP contribution in [0.1, 0.15) is 18.4 Å². The van der Waals surface area contributed by atoms with Gasteiger partial charge < -0.3 is 10.2 Å². The molecule has 0 aliphatic carbocycles. The summed E-state index contributed by atoms with van der Waals surface area (Å²) in [6.45, 7) is 3.28. The van der Waals surface area contributed by atoms with Crippen molar-refractivity contribution < 1.29 is 0 Å². The Balaban J connectivity index is 1.59. The molecule has 0 spiro atoms. The Kier molecular flexibility index (Phi) is 4.45. The Labute approximate surface area is 134 Å². The molecule has 0 atom stereocenters. The highest BCUT2D eigenvalue weighted by molar-refractivity contribution is 14.1. The molecule has 3 rings (SSSR count). The summed E-state index contributed by atoms with van der Waals surface area (Å²) >= 11 is 2.33. The molecule has 104 valence electrons. The van der Waals surface area contributed by atoms with Gasteiger partial charge in [-0.15, -0.1) is 0 Å². The molecule has 20 heavy (non-hydrogen) atoms. The van der Waals surface area contributed by atoms with Crippen molar-refractivity contribution in [1.82, 2.24) is 0 Å². The standard InChI is InChI=1S/C17H19IN2/c18-15-5-3-14(4-6-15)13-19-16-7-9-17(10-8-16)20-11-1-2-12-20/h3-10,19H,1-2,11-13H2. The first-order valence-electron chi connectivity index (χ1n) is 7.14. The van der Waals surface area contributed by atoms with Gasteiger partial charge in [0.25, 0.3) is 0 Å². The second kappa shape index (κ2) is 6.48. The van der Waals surface area contributed by atoms with Crippen LogP contribution in [0.5, 0.6) is 0 Å². The third-order valence-corrected chi connectivity index (χ3v) is 4.47. The van der Waals surface area contributed by atoms with E-state index in [0.29, 0.717) is 0 Å². The number of nitrogens with zero attached hydrogens (tertiary/aromatic N) is 1. The van der Waals surface area contributed by atoms with Gasteiger partial charge >= 0.3 is 0 Å². The minimum Gasteiger partial charge on any atom is -0.381 e. The normalized spacial score (nSPS) is 14.6. The zero-order valence-corrected chi connectivity index (χ0v) is 13.6. The summed E-state index contributed by atoms with van der Waals surface area (Å²) in [6.07, 6.45) is 2.65. The second-order valence-corrected chi connectivity index (χ2v) is 6.47. The molecule has 1 aliphatic heterocycles. The number of anilines is 2. The molecule has 0 radical (unpaired) electrons. The summed E-state index contributed by atoms with van der Waals surface area (Å²) in [5, 5.41) is 3.48. The minimum atomic E-state index is 0.875. The largest absolute Gasteiger partial charge is 0.381 e. The molecule has 1 N–H and O–H groups in total. The molecular formula is C17H19IN2. The third-order valence-electron chi connectivity index (χ3n) is 3.75. The van der Waals surface area contributed by atoms with Crippen molar-refractivity contribution >= 4 is 34.0 Å². The lowest BCUT2D eigenvalue weighted by atomic mass is 10.2. The molecule has 0 bridgehead atoms. The topological polar surface area (TPSA) is 15.3 Å². The predicted molar refractivity (Wildman–Crippen MR) is 94.4 cm³/mol. The van der Waals surface area contributed by atoms with E-state index in [-0.39, 0.29) is 0 Å². The number of hydrogen-bond acceptors (Lipinski definition) is 2. The molecule has 1 aliphatic rings. The summed E-state index contributed by atoms with van der Waals surface area (Å²) in [5.41, 5.74) is 3.85. The molecule has 2 nitrogen and oxygen atoms in total. The Hall–Kier alpha value is -1.23. The quantitative estimate of drug-likeness (QED) is 0.788. The van der Waals surface area contributed by atoms with E-state index in [4.69, 9.17) is 0 Å². The molecule has 1 heterocycles. The number of halogens is 1. The van der Waals surface area contributed by atoms with Gasteiger partial charge in [0.1, 0.15) is 0 Å². The highest BCUT2D eigenvalue weighted by Gasteiger charge is 2.11.